The zero-order valence-electron chi connectivity index (χ0n) is 20.2. The minimum atomic E-state index is -4.02. The molecule has 202 valence electrons. The number of carbonyl (C=O) groups excluding carboxylic acids is 1. The Labute approximate surface area is 226 Å². The van der Waals surface area contributed by atoms with Gasteiger partial charge in [0, 0.05) is 23.8 Å². The Morgan fingerprint density at radius 2 is 1.41 bits per heavy atom. The van der Waals surface area contributed by atoms with Gasteiger partial charge in [-0.25, -0.2) is 21.8 Å². The third-order valence-corrected chi connectivity index (χ3v) is 10.3. The topological polar surface area (TPSA) is 172 Å². The summed E-state index contributed by atoms with van der Waals surface area (Å²) in [6.45, 7) is 0. The number of amides is 1. The number of hydrogen-bond donors (Lipinski definition) is 1. The fraction of sp³-hybridized carbons (Fsp3) is 0.0833. The third-order valence-electron chi connectivity index (χ3n) is 5.42. The monoisotopic (exact) mass is 589 g/mol. The van der Waals surface area contributed by atoms with Gasteiger partial charge in [-0.05, 0) is 48.5 Å². The van der Waals surface area contributed by atoms with Crippen molar-refractivity contribution in [2.24, 2.45) is 0 Å². The summed E-state index contributed by atoms with van der Waals surface area (Å²) in [6, 6.07) is 13.7. The third kappa shape index (κ3) is 5.59. The van der Waals surface area contributed by atoms with Crippen LogP contribution >= 0.6 is 11.3 Å². The molecule has 1 aromatic heterocycles. The van der Waals surface area contributed by atoms with E-state index in [2.05, 4.69) is 10.3 Å². The summed E-state index contributed by atoms with van der Waals surface area (Å²) >= 11 is 0.696. The molecule has 1 amide bonds. The molecule has 39 heavy (non-hydrogen) atoms. The summed E-state index contributed by atoms with van der Waals surface area (Å²) in [6.07, 6.45) is 1.07. The number of methoxy groups -OCH3 is 2. The van der Waals surface area contributed by atoms with Gasteiger partial charge in [-0.3, -0.25) is 20.2 Å². The van der Waals surface area contributed by atoms with Crippen LogP contribution in [0.4, 0.5) is 10.8 Å². The van der Waals surface area contributed by atoms with Crippen molar-refractivity contribution in [3.05, 3.63) is 88.6 Å². The van der Waals surface area contributed by atoms with Gasteiger partial charge in [0.2, 0.25) is 19.7 Å². The maximum absolute atomic E-state index is 13.0. The molecular weight excluding hydrogens is 570 g/mol. The molecule has 12 nitrogen and oxygen atoms in total. The van der Waals surface area contributed by atoms with Crippen LogP contribution in [0.5, 0.6) is 11.5 Å². The molecule has 1 N–H and O–H groups in total. The first-order chi connectivity index (χ1) is 18.5. The second kappa shape index (κ2) is 10.8. The fourth-order valence-corrected chi connectivity index (χ4v) is 7.08. The van der Waals surface area contributed by atoms with Gasteiger partial charge in [-0.2, -0.15) is 0 Å². The highest BCUT2D eigenvalue weighted by atomic mass is 32.2. The van der Waals surface area contributed by atoms with Crippen LogP contribution in [0.15, 0.2) is 91.8 Å². The van der Waals surface area contributed by atoms with Crippen molar-refractivity contribution >= 4 is 47.7 Å². The SMILES string of the molecule is COc1ccc(S(=O)(=O)c2ccc(C(=O)Nc3ncc(S(=O)(=O)c4ccc([N+](=O)[O-])cc4)s3)cc2)cc1OC. The lowest BCUT2D eigenvalue weighted by molar-refractivity contribution is -0.384. The molecule has 4 rings (SSSR count). The van der Waals surface area contributed by atoms with Crippen molar-refractivity contribution in [2.75, 3.05) is 19.5 Å². The second-order valence-corrected chi connectivity index (χ2v) is 12.9. The number of sulfone groups is 2. The normalized spacial score (nSPS) is 11.5. The van der Waals surface area contributed by atoms with Crippen molar-refractivity contribution in [2.45, 2.75) is 18.9 Å². The van der Waals surface area contributed by atoms with Gasteiger partial charge in [0.05, 0.1) is 40.0 Å². The molecule has 0 spiro atoms. The lowest BCUT2D eigenvalue weighted by Crippen LogP contribution is -2.12. The van der Waals surface area contributed by atoms with Gasteiger partial charge in [0.1, 0.15) is 4.21 Å². The Morgan fingerprint density at radius 1 is 0.846 bits per heavy atom. The van der Waals surface area contributed by atoms with Gasteiger partial charge < -0.3 is 9.47 Å². The van der Waals surface area contributed by atoms with Gasteiger partial charge >= 0.3 is 0 Å². The number of nitro benzene ring substituents is 1. The Bertz CT molecular complexity index is 1770. The van der Waals surface area contributed by atoms with E-state index in [1.54, 1.807) is 0 Å². The Hall–Kier alpha value is -4.34. The van der Waals surface area contributed by atoms with Crippen LogP contribution < -0.4 is 14.8 Å². The zero-order valence-corrected chi connectivity index (χ0v) is 22.7. The summed E-state index contributed by atoms with van der Waals surface area (Å²) in [5, 5.41) is 13.3. The maximum Gasteiger partial charge on any atom is 0.269 e. The van der Waals surface area contributed by atoms with E-state index in [1.165, 1.54) is 56.7 Å². The van der Waals surface area contributed by atoms with Gasteiger partial charge in [-0.1, -0.05) is 11.3 Å². The highest BCUT2D eigenvalue weighted by Crippen LogP contribution is 2.32. The summed E-state index contributed by atoms with van der Waals surface area (Å²) in [7, 11) is -5.13. The van der Waals surface area contributed by atoms with Crippen molar-refractivity contribution < 1.29 is 36.0 Å². The average Bonchev–Trinajstić information content (AvgIpc) is 3.42. The van der Waals surface area contributed by atoms with Crippen molar-refractivity contribution in [3.8, 4) is 11.5 Å². The van der Waals surface area contributed by atoms with Crippen LogP contribution in [-0.2, 0) is 19.7 Å². The number of non-ortho nitro benzene ring substituents is 1. The predicted molar refractivity (Wildman–Crippen MR) is 140 cm³/mol. The first-order valence-electron chi connectivity index (χ1n) is 10.8. The summed E-state index contributed by atoms with van der Waals surface area (Å²) in [4.78, 5) is 26.5. The number of benzene rings is 3. The number of anilines is 1. The molecule has 0 radical (unpaired) electrons. The molecule has 0 aliphatic rings. The molecule has 0 unspecified atom stereocenters. The Balaban J connectivity index is 1.50. The fourth-order valence-electron chi connectivity index (χ4n) is 3.38. The van der Waals surface area contributed by atoms with Crippen LogP contribution in [-0.4, -0.2) is 46.9 Å². The van der Waals surface area contributed by atoms with Crippen LogP contribution in [0.1, 0.15) is 10.4 Å². The van der Waals surface area contributed by atoms with E-state index in [1.807, 2.05) is 0 Å². The number of nitrogens with one attached hydrogen (secondary N) is 1. The van der Waals surface area contributed by atoms with Gasteiger partial charge in [0.15, 0.2) is 16.6 Å². The highest BCUT2D eigenvalue weighted by Gasteiger charge is 2.24. The molecule has 4 aromatic rings. The first kappa shape index (κ1) is 27.7. The van der Waals surface area contributed by atoms with E-state index in [9.17, 15) is 31.7 Å². The van der Waals surface area contributed by atoms with E-state index in [0.29, 0.717) is 17.1 Å². The first-order valence-corrected chi connectivity index (χ1v) is 14.6. The molecule has 0 aliphatic heterocycles. The molecule has 0 aliphatic carbocycles. The molecule has 15 heteroatoms. The molecule has 0 saturated heterocycles. The summed E-state index contributed by atoms with van der Waals surface area (Å²) in [5.74, 6) is -0.0268. The number of ether oxygens (including phenoxy) is 2. The number of nitrogens with zero attached hydrogens (tertiary/aromatic N) is 2. The maximum atomic E-state index is 13.0. The van der Waals surface area contributed by atoms with Crippen LogP contribution in [0.25, 0.3) is 0 Å². The standard InChI is InChI=1S/C24H19N3O9S3/c1-35-20-12-11-19(13-21(20)36-2)38(31,32)17-7-3-15(4-8-17)23(28)26-24-25-14-22(37-24)39(33,34)18-9-5-16(6-10-18)27(29)30/h3-14H,1-2H3,(H,25,26,28). The second-order valence-electron chi connectivity index (χ2n) is 7.74. The highest BCUT2D eigenvalue weighted by molar-refractivity contribution is 7.93. The zero-order chi connectivity index (χ0) is 28.4. The quantitative estimate of drug-likeness (QED) is 0.222. The van der Waals surface area contributed by atoms with Crippen molar-refractivity contribution in [1.29, 1.82) is 0 Å². The van der Waals surface area contributed by atoms with Gasteiger partial charge in [0.25, 0.3) is 11.6 Å². The van der Waals surface area contributed by atoms with Crippen LogP contribution in [0.3, 0.4) is 0 Å². The van der Waals surface area contributed by atoms with Gasteiger partial charge in [-0.15, -0.1) is 0 Å². The van der Waals surface area contributed by atoms with E-state index < -0.39 is 30.5 Å². The number of thiazole rings is 1. The molecule has 0 bridgehead atoms. The molecule has 0 fully saturated rings. The number of rotatable bonds is 9. The molecular formula is C24H19N3O9S3. The summed E-state index contributed by atoms with van der Waals surface area (Å²) < 4.78 is 61.9. The minimum absolute atomic E-state index is 0.0116. The lowest BCUT2D eigenvalue weighted by atomic mass is 10.2. The number of hydrogen-bond acceptors (Lipinski definition) is 11. The van der Waals surface area contributed by atoms with Crippen LogP contribution in [0, 0.1) is 10.1 Å². The molecule has 0 atom stereocenters. The van der Waals surface area contributed by atoms with E-state index in [-0.39, 0.29) is 41.0 Å². The average molecular weight is 590 g/mol. The lowest BCUT2D eigenvalue weighted by Gasteiger charge is -2.10. The van der Waals surface area contributed by atoms with E-state index >= 15 is 0 Å². The number of carbonyl (C=O) groups is 1. The largest absolute Gasteiger partial charge is 0.493 e. The Morgan fingerprint density at radius 3 is 2.00 bits per heavy atom. The smallest absolute Gasteiger partial charge is 0.269 e. The van der Waals surface area contributed by atoms with Crippen LogP contribution in [0.2, 0.25) is 0 Å². The predicted octanol–water partition coefficient (Wildman–Crippen LogP) is 3.99. The Kier molecular flexibility index (Phi) is 7.67. The summed E-state index contributed by atoms with van der Waals surface area (Å²) in [5.41, 5.74) is -0.148. The number of nitro groups is 1. The minimum Gasteiger partial charge on any atom is -0.493 e. The molecule has 3 aromatic carbocycles. The number of aromatic nitrogens is 1. The molecule has 0 saturated carbocycles. The van der Waals surface area contributed by atoms with E-state index in [4.69, 9.17) is 9.47 Å². The van der Waals surface area contributed by atoms with E-state index in [0.717, 1.165) is 30.5 Å². The van der Waals surface area contributed by atoms with Crippen molar-refractivity contribution in [1.82, 2.24) is 4.98 Å². The molecule has 1 heterocycles. The van der Waals surface area contributed by atoms with Crippen molar-refractivity contribution in [3.63, 3.8) is 0 Å².